The Bertz CT molecular complexity index is 887. The van der Waals surface area contributed by atoms with Gasteiger partial charge in [0.2, 0.25) is 0 Å². The molecule has 0 aromatic heterocycles. The first-order chi connectivity index (χ1) is 13.5. The van der Waals surface area contributed by atoms with Gasteiger partial charge in [-0.3, -0.25) is 9.69 Å². The molecule has 0 aliphatic heterocycles. The van der Waals surface area contributed by atoms with Gasteiger partial charge in [0, 0.05) is 11.1 Å². The summed E-state index contributed by atoms with van der Waals surface area (Å²) in [4.78, 5) is 14.7. The minimum atomic E-state index is -0.0371. The van der Waals surface area contributed by atoms with E-state index >= 15 is 0 Å². The van der Waals surface area contributed by atoms with E-state index in [9.17, 15) is 4.79 Å². The van der Waals surface area contributed by atoms with Crippen LogP contribution in [-0.4, -0.2) is 31.0 Å². The van der Waals surface area contributed by atoms with Crippen molar-refractivity contribution < 1.29 is 14.3 Å². The van der Waals surface area contributed by atoms with Gasteiger partial charge in [0.15, 0.2) is 5.78 Å². The first kappa shape index (κ1) is 19.6. The number of hydrogen-bond acceptors (Lipinski definition) is 4. The molecular formula is C24H25NO3. The molecule has 4 heteroatoms. The highest BCUT2D eigenvalue weighted by Gasteiger charge is 2.11. The van der Waals surface area contributed by atoms with E-state index in [1.54, 1.807) is 24.3 Å². The number of nitrogens with zero attached hydrogens (tertiary/aromatic N) is 1. The molecule has 3 aromatic rings. The number of hydrogen-bond donors (Lipinski definition) is 0. The van der Waals surface area contributed by atoms with Gasteiger partial charge in [-0.15, -0.1) is 0 Å². The van der Waals surface area contributed by atoms with Gasteiger partial charge in [0.05, 0.1) is 0 Å². The zero-order valence-corrected chi connectivity index (χ0v) is 16.5. The number of ketones is 1. The SMILES string of the molecule is CC(Oc1ccc(C(=O)c2ccc(OCc3ccccc3)cc2)cc1)N(C)C. The van der Waals surface area contributed by atoms with Gasteiger partial charge in [-0.25, -0.2) is 0 Å². The highest BCUT2D eigenvalue weighted by molar-refractivity contribution is 6.09. The minimum absolute atomic E-state index is 0.0261. The van der Waals surface area contributed by atoms with Crippen LogP contribution in [0.15, 0.2) is 78.9 Å². The van der Waals surface area contributed by atoms with Crippen LogP contribution in [0, 0.1) is 0 Å². The number of rotatable bonds is 8. The molecule has 3 rings (SSSR count). The van der Waals surface area contributed by atoms with Crippen LogP contribution >= 0.6 is 0 Å². The monoisotopic (exact) mass is 375 g/mol. The number of benzene rings is 3. The van der Waals surface area contributed by atoms with Crippen molar-refractivity contribution in [2.45, 2.75) is 19.8 Å². The standard InChI is InChI=1S/C24H25NO3/c1-18(25(2)3)28-23-15-11-21(12-16-23)24(26)20-9-13-22(14-10-20)27-17-19-7-5-4-6-8-19/h4-16,18H,17H2,1-3H3. The molecule has 0 saturated carbocycles. The first-order valence-electron chi connectivity index (χ1n) is 9.27. The number of ether oxygens (including phenoxy) is 2. The molecule has 0 saturated heterocycles. The zero-order valence-electron chi connectivity index (χ0n) is 16.5. The maximum Gasteiger partial charge on any atom is 0.193 e. The largest absolute Gasteiger partial charge is 0.489 e. The van der Waals surface area contributed by atoms with Crippen LogP contribution in [0.2, 0.25) is 0 Å². The number of carbonyl (C=O) groups excluding carboxylic acids is 1. The third-order valence-electron chi connectivity index (χ3n) is 4.52. The summed E-state index contributed by atoms with van der Waals surface area (Å²) in [5.74, 6) is 1.45. The predicted octanol–water partition coefficient (Wildman–Crippen LogP) is 4.78. The van der Waals surface area contributed by atoms with E-state index in [4.69, 9.17) is 9.47 Å². The van der Waals surface area contributed by atoms with E-state index in [1.165, 1.54) is 0 Å². The van der Waals surface area contributed by atoms with E-state index in [1.807, 2.05) is 80.5 Å². The second-order valence-electron chi connectivity index (χ2n) is 6.83. The molecule has 0 bridgehead atoms. The molecule has 144 valence electrons. The lowest BCUT2D eigenvalue weighted by molar-refractivity contribution is 0.0815. The smallest absolute Gasteiger partial charge is 0.193 e. The third kappa shape index (κ3) is 5.21. The summed E-state index contributed by atoms with van der Waals surface area (Å²) in [6.07, 6.45) is -0.0371. The van der Waals surface area contributed by atoms with Gasteiger partial charge in [-0.2, -0.15) is 0 Å². The molecule has 0 heterocycles. The van der Waals surface area contributed by atoms with Crippen molar-refractivity contribution in [2.75, 3.05) is 14.1 Å². The molecule has 0 amide bonds. The average molecular weight is 375 g/mol. The summed E-state index contributed by atoms with van der Waals surface area (Å²) in [6, 6.07) is 24.5. The lowest BCUT2D eigenvalue weighted by Gasteiger charge is -2.21. The van der Waals surface area contributed by atoms with Crippen molar-refractivity contribution in [3.8, 4) is 11.5 Å². The molecular weight excluding hydrogens is 350 g/mol. The summed E-state index contributed by atoms with van der Waals surface area (Å²) in [6.45, 7) is 2.47. The summed E-state index contributed by atoms with van der Waals surface area (Å²) < 4.78 is 11.6. The van der Waals surface area contributed by atoms with Crippen LogP contribution in [-0.2, 0) is 6.61 Å². The molecule has 1 atom stereocenters. The quantitative estimate of drug-likeness (QED) is 0.419. The normalized spacial score (nSPS) is 11.9. The van der Waals surface area contributed by atoms with Crippen molar-refractivity contribution in [1.29, 1.82) is 0 Å². The van der Waals surface area contributed by atoms with E-state index in [0.29, 0.717) is 17.7 Å². The Morgan fingerprint density at radius 1 is 0.821 bits per heavy atom. The molecule has 0 aliphatic rings. The lowest BCUT2D eigenvalue weighted by atomic mass is 10.0. The maximum absolute atomic E-state index is 12.7. The molecule has 0 fully saturated rings. The summed E-state index contributed by atoms with van der Waals surface area (Å²) in [5.41, 5.74) is 2.36. The van der Waals surface area contributed by atoms with Crippen LogP contribution < -0.4 is 9.47 Å². The van der Waals surface area contributed by atoms with Gasteiger partial charge in [-0.1, -0.05) is 30.3 Å². The number of carbonyl (C=O) groups is 1. The fourth-order valence-corrected chi connectivity index (χ4v) is 2.60. The van der Waals surface area contributed by atoms with E-state index in [2.05, 4.69) is 0 Å². The van der Waals surface area contributed by atoms with Crippen LogP contribution in [0.25, 0.3) is 0 Å². The third-order valence-corrected chi connectivity index (χ3v) is 4.52. The molecule has 0 spiro atoms. The average Bonchev–Trinajstić information content (AvgIpc) is 2.73. The van der Waals surface area contributed by atoms with Gasteiger partial charge in [0.1, 0.15) is 24.3 Å². The highest BCUT2D eigenvalue weighted by atomic mass is 16.5. The lowest BCUT2D eigenvalue weighted by Crippen LogP contribution is -2.30. The molecule has 28 heavy (non-hydrogen) atoms. The Kier molecular flexibility index (Phi) is 6.45. The van der Waals surface area contributed by atoms with Crippen molar-refractivity contribution >= 4 is 5.78 Å². The van der Waals surface area contributed by atoms with Crippen LogP contribution in [0.3, 0.4) is 0 Å². The molecule has 4 nitrogen and oxygen atoms in total. The molecule has 3 aromatic carbocycles. The Morgan fingerprint density at radius 3 is 1.89 bits per heavy atom. The van der Waals surface area contributed by atoms with Crippen molar-refractivity contribution in [3.63, 3.8) is 0 Å². The second-order valence-corrected chi connectivity index (χ2v) is 6.83. The Hall–Kier alpha value is -3.11. The van der Waals surface area contributed by atoms with Gasteiger partial charge >= 0.3 is 0 Å². The van der Waals surface area contributed by atoms with Gasteiger partial charge in [0.25, 0.3) is 0 Å². The Balaban J connectivity index is 1.61. The van der Waals surface area contributed by atoms with E-state index in [-0.39, 0.29) is 12.0 Å². The first-order valence-corrected chi connectivity index (χ1v) is 9.27. The molecule has 0 N–H and O–H groups in total. The highest BCUT2D eigenvalue weighted by Crippen LogP contribution is 2.19. The fraction of sp³-hybridized carbons (Fsp3) is 0.208. The Labute approximate surface area is 166 Å². The van der Waals surface area contributed by atoms with Gasteiger partial charge in [-0.05, 0) is 75.1 Å². The minimum Gasteiger partial charge on any atom is -0.489 e. The van der Waals surface area contributed by atoms with Crippen molar-refractivity contribution in [1.82, 2.24) is 4.90 Å². The summed E-state index contributed by atoms with van der Waals surface area (Å²) >= 11 is 0. The van der Waals surface area contributed by atoms with Crippen molar-refractivity contribution in [2.24, 2.45) is 0 Å². The molecule has 1 unspecified atom stereocenters. The fourth-order valence-electron chi connectivity index (χ4n) is 2.60. The van der Waals surface area contributed by atoms with Gasteiger partial charge < -0.3 is 9.47 Å². The topological polar surface area (TPSA) is 38.8 Å². The zero-order chi connectivity index (χ0) is 19.9. The molecule has 0 aliphatic carbocycles. The van der Waals surface area contributed by atoms with Crippen LogP contribution in [0.5, 0.6) is 11.5 Å². The van der Waals surface area contributed by atoms with Crippen LogP contribution in [0.1, 0.15) is 28.4 Å². The van der Waals surface area contributed by atoms with E-state index < -0.39 is 0 Å². The van der Waals surface area contributed by atoms with E-state index in [0.717, 1.165) is 17.1 Å². The summed E-state index contributed by atoms with van der Waals surface area (Å²) in [5, 5.41) is 0. The predicted molar refractivity (Wildman–Crippen MR) is 111 cm³/mol. The Morgan fingerprint density at radius 2 is 1.36 bits per heavy atom. The molecule has 0 radical (unpaired) electrons. The van der Waals surface area contributed by atoms with Crippen LogP contribution in [0.4, 0.5) is 0 Å². The second kappa shape index (κ2) is 9.20. The van der Waals surface area contributed by atoms with Crippen molar-refractivity contribution in [3.05, 3.63) is 95.6 Å². The summed E-state index contributed by atoms with van der Waals surface area (Å²) in [7, 11) is 3.91. The maximum atomic E-state index is 12.7.